The molecule has 0 radical (unpaired) electrons. The van der Waals surface area contributed by atoms with Crippen LogP contribution in [0.1, 0.15) is 54.5 Å². The highest BCUT2D eigenvalue weighted by Crippen LogP contribution is 2.42. The molecular formula is C36H40N2O5. The van der Waals surface area contributed by atoms with Crippen LogP contribution in [0.5, 0.6) is 0 Å². The van der Waals surface area contributed by atoms with Gasteiger partial charge in [-0.05, 0) is 59.6 Å². The highest BCUT2D eigenvalue weighted by molar-refractivity contribution is 5.84. The zero-order chi connectivity index (χ0) is 30.3. The summed E-state index contributed by atoms with van der Waals surface area (Å²) in [7, 11) is 2.13. The molecule has 1 heterocycles. The minimum atomic E-state index is -0.654. The molecular weight excluding hydrogens is 540 g/mol. The van der Waals surface area contributed by atoms with Crippen LogP contribution in [-0.2, 0) is 20.8 Å². The Hall–Kier alpha value is -4.01. The number of hydrogen-bond acceptors (Lipinski definition) is 6. The Morgan fingerprint density at radius 2 is 1.77 bits per heavy atom. The van der Waals surface area contributed by atoms with E-state index in [4.69, 9.17) is 14.2 Å². The smallest absolute Gasteiger partial charge is 0.411 e. The number of likely N-dealkylation sites (N-methyl/N-ethyl adjacent to an activating group) is 1. The molecule has 4 aromatic rings. The van der Waals surface area contributed by atoms with Crippen molar-refractivity contribution in [3.05, 3.63) is 126 Å². The van der Waals surface area contributed by atoms with Crippen molar-refractivity contribution >= 4 is 22.6 Å². The van der Waals surface area contributed by atoms with E-state index in [2.05, 4.69) is 80.2 Å². The van der Waals surface area contributed by atoms with Crippen molar-refractivity contribution in [1.29, 1.82) is 0 Å². The van der Waals surface area contributed by atoms with Crippen molar-refractivity contribution in [2.24, 2.45) is 5.92 Å². The molecule has 1 aliphatic heterocycles. The lowest BCUT2D eigenvalue weighted by atomic mass is 9.89. The van der Waals surface area contributed by atoms with Crippen LogP contribution in [0.4, 0.5) is 10.5 Å². The number of aliphatic hydroxyl groups is 1. The molecule has 7 heteroatoms. The van der Waals surface area contributed by atoms with Crippen molar-refractivity contribution in [3.63, 3.8) is 0 Å². The summed E-state index contributed by atoms with van der Waals surface area (Å²) in [5.41, 5.74) is 4.49. The number of rotatable bonds is 10. The second-order valence-corrected chi connectivity index (χ2v) is 11.2. The maximum atomic E-state index is 12.2. The number of anilines is 1. The van der Waals surface area contributed by atoms with Gasteiger partial charge in [-0.2, -0.15) is 0 Å². The number of fused-ring (bicyclic) bond motifs is 1. The number of aliphatic hydroxyl groups excluding tert-OH is 1. The second-order valence-electron chi connectivity index (χ2n) is 11.2. The van der Waals surface area contributed by atoms with E-state index in [1.54, 1.807) is 6.07 Å². The first kappa shape index (κ1) is 30.4. The third-order valence-corrected chi connectivity index (χ3v) is 8.25. The maximum absolute atomic E-state index is 12.2. The normalized spacial score (nSPS) is 21.0. The Morgan fingerprint density at radius 1 is 1.00 bits per heavy atom. The number of hydrogen-bond donors (Lipinski definition) is 2. The van der Waals surface area contributed by atoms with Crippen molar-refractivity contribution in [2.45, 2.75) is 45.0 Å². The van der Waals surface area contributed by atoms with E-state index in [1.807, 2.05) is 42.5 Å². The highest BCUT2D eigenvalue weighted by Gasteiger charge is 2.39. The molecule has 1 aliphatic rings. The zero-order valence-corrected chi connectivity index (χ0v) is 25.0. The van der Waals surface area contributed by atoms with Gasteiger partial charge in [0.1, 0.15) is 6.61 Å². The predicted octanol–water partition coefficient (Wildman–Crippen LogP) is 7.55. The van der Waals surface area contributed by atoms with E-state index in [9.17, 15) is 9.90 Å². The molecule has 224 valence electrons. The average molecular weight is 581 g/mol. The Bertz CT molecular complexity index is 1540. The number of nitrogens with one attached hydrogen (secondary N) is 1. The van der Waals surface area contributed by atoms with Gasteiger partial charge in [0.05, 0.1) is 18.8 Å². The van der Waals surface area contributed by atoms with Gasteiger partial charge >= 0.3 is 6.09 Å². The van der Waals surface area contributed by atoms with Crippen LogP contribution < -0.4 is 5.32 Å². The summed E-state index contributed by atoms with van der Waals surface area (Å²) < 4.78 is 18.4. The quantitative estimate of drug-likeness (QED) is 0.189. The van der Waals surface area contributed by atoms with Gasteiger partial charge in [0.25, 0.3) is 0 Å². The van der Waals surface area contributed by atoms with Crippen LogP contribution in [0.25, 0.3) is 10.8 Å². The van der Waals surface area contributed by atoms with Crippen molar-refractivity contribution < 1.29 is 24.1 Å². The molecule has 0 aliphatic carbocycles. The molecule has 1 saturated heterocycles. The molecule has 0 saturated carbocycles. The van der Waals surface area contributed by atoms with Crippen LogP contribution in [0.2, 0.25) is 0 Å². The number of benzene rings is 4. The summed E-state index contributed by atoms with van der Waals surface area (Å²) in [6.07, 6.45) is -0.0795. The van der Waals surface area contributed by atoms with Crippen LogP contribution in [0.15, 0.2) is 104 Å². The van der Waals surface area contributed by atoms with Crippen LogP contribution >= 0.6 is 0 Å². The summed E-state index contributed by atoms with van der Waals surface area (Å²) in [5, 5.41) is 14.8. The molecule has 1 amide bonds. The number of amides is 1. The molecule has 2 N–H and O–H groups in total. The average Bonchev–Trinajstić information content (AvgIpc) is 3.04. The zero-order valence-electron chi connectivity index (χ0n) is 25.0. The first-order chi connectivity index (χ1) is 20.9. The number of nitrogens with zero attached hydrogens (tertiary/aromatic N) is 1. The summed E-state index contributed by atoms with van der Waals surface area (Å²) in [6.45, 7) is 8.76. The highest BCUT2D eigenvalue weighted by atomic mass is 16.7. The molecule has 0 bridgehead atoms. The minimum Gasteiger partial charge on any atom is -0.445 e. The van der Waals surface area contributed by atoms with E-state index < -0.39 is 12.4 Å². The van der Waals surface area contributed by atoms with Crippen molar-refractivity contribution in [1.82, 2.24) is 4.90 Å². The molecule has 7 nitrogen and oxygen atoms in total. The lowest BCUT2D eigenvalue weighted by Gasteiger charge is -2.43. The van der Waals surface area contributed by atoms with Crippen LogP contribution in [0, 0.1) is 5.92 Å². The summed E-state index contributed by atoms with van der Waals surface area (Å²) in [6, 6.07) is 30.5. The van der Waals surface area contributed by atoms with Crippen molar-refractivity contribution in [3.8, 4) is 0 Å². The van der Waals surface area contributed by atoms with E-state index in [1.165, 1.54) is 22.4 Å². The van der Waals surface area contributed by atoms with Gasteiger partial charge in [-0.1, -0.05) is 92.4 Å². The van der Waals surface area contributed by atoms with Crippen LogP contribution in [-0.4, -0.2) is 42.4 Å². The Morgan fingerprint density at radius 3 is 2.51 bits per heavy atom. The largest absolute Gasteiger partial charge is 0.445 e. The Kier molecular flexibility index (Phi) is 9.89. The minimum absolute atomic E-state index is 0.0117. The first-order valence-electron chi connectivity index (χ1n) is 14.7. The maximum Gasteiger partial charge on any atom is 0.411 e. The molecule has 1 fully saturated rings. The molecule has 0 spiro atoms. The van der Waals surface area contributed by atoms with E-state index >= 15 is 0 Å². The van der Waals surface area contributed by atoms with Gasteiger partial charge in [-0.25, -0.2) is 4.79 Å². The van der Waals surface area contributed by atoms with Gasteiger partial charge < -0.3 is 19.3 Å². The molecule has 5 atom stereocenters. The van der Waals surface area contributed by atoms with E-state index in [0.29, 0.717) is 12.2 Å². The van der Waals surface area contributed by atoms with Gasteiger partial charge in [0.2, 0.25) is 0 Å². The second kappa shape index (κ2) is 14.0. The topological polar surface area (TPSA) is 80.3 Å². The van der Waals surface area contributed by atoms with E-state index in [-0.39, 0.29) is 37.4 Å². The first-order valence-corrected chi connectivity index (χ1v) is 14.7. The fourth-order valence-corrected chi connectivity index (χ4v) is 5.54. The predicted molar refractivity (Wildman–Crippen MR) is 170 cm³/mol. The summed E-state index contributed by atoms with van der Waals surface area (Å²) >= 11 is 0. The molecule has 0 unspecified atom stereocenters. The Balaban J connectivity index is 1.39. The van der Waals surface area contributed by atoms with Gasteiger partial charge in [0.15, 0.2) is 6.29 Å². The fourth-order valence-electron chi connectivity index (χ4n) is 5.54. The number of carbonyl (C=O) groups is 1. The lowest BCUT2D eigenvalue weighted by molar-refractivity contribution is -0.276. The monoisotopic (exact) mass is 580 g/mol. The van der Waals surface area contributed by atoms with Crippen LogP contribution in [0.3, 0.4) is 0 Å². The summed E-state index contributed by atoms with van der Waals surface area (Å²) in [5.74, 6) is 0.0395. The molecule has 0 aromatic heterocycles. The van der Waals surface area contributed by atoms with Gasteiger partial charge in [-0.15, -0.1) is 0 Å². The molecule has 43 heavy (non-hydrogen) atoms. The van der Waals surface area contributed by atoms with Crippen molar-refractivity contribution in [2.75, 3.05) is 25.5 Å². The third-order valence-electron chi connectivity index (χ3n) is 8.25. The van der Waals surface area contributed by atoms with E-state index in [0.717, 1.165) is 16.7 Å². The SMILES string of the molecule is C=CCOC(=O)Nc1cccc([C@H]2O[C@@H](CN(C)[C@H](C)c3ccc4ccccc4c3)[C@@H](C)[C@@H](c3ccc(CO)cc3)O2)c1. The summed E-state index contributed by atoms with van der Waals surface area (Å²) in [4.78, 5) is 14.5. The fraction of sp³-hybridized carbons (Fsp3) is 0.306. The van der Waals surface area contributed by atoms with Gasteiger partial charge in [0, 0.05) is 29.8 Å². The Labute approximate surface area is 253 Å². The molecule has 5 rings (SSSR count). The third kappa shape index (κ3) is 7.32. The molecule has 4 aromatic carbocycles. The standard InChI is InChI=1S/C36H40N2O5/c1-5-19-41-36(40)37-32-12-8-11-31(21-32)35-42-33(24(2)34(43-35)28-15-13-26(23-39)14-16-28)22-38(4)25(3)29-18-17-27-9-6-7-10-30(27)20-29/h5-18,20-21,24-25,33-35,39H,1,19,22-23H2,2-4H3,(H,37,40)/t24-,25-,33+,34+,35+/m1/s1. The lowest BCUT2D eigenvalue weighted by Crippen LogP contribution is -2.44. The number of carbonyl (C=O) groups excluding carboxylic acids is 1. The van der Waals surface area contributed by atoms with Gasteiger partial charge in [-0.3, -0.25) is 10.2 Å². The number of ether oxygens (including phenoxy) is 3.